The van der Waals surface area contributed by atoms with Crippen LogP contribution < -0.4 is 4.74 Å². The Balaban J connectivity index is 1.79. The Bertz CT molecular complexity index is 1110. The molecule has 0 fully saturated rings. The Morgan fingerprint density at radius 2 is 2.03 bits per heavy atom. The minimum Gasteiger partial charge on any atom is -0.490 e. The lowest BCUT2D eigenvalue weighted by atomic mass is 10.0. The lowest BCUT2D eigenvalue weighted by Crippen LogP contribution is -2.06. The molecule has 0 radical (unpaired) electrons. The number of carbonyl (C=O) groups excluding carboxylic acids is 1. The molecule has 160 valence electrons. The van der Waals surface area contributed by atoms with Crippen molar-refractivity contribution < 1.29 is 14.3 Å². The predicted molar refractivity (Wildman–Crippen MR) is 123 cm³/mol. The third-order valence-electron chi connectivity index (χ3n) is 4.70. The van der Waals surface area contributed by atoms with E-state index in [-0.39, 0.29) is 12.1 Å². The van der Waals surface area contributed by atoms with Gasteiger partial charge < -0.3 is 9.47 Å². The van der Waals surface area contributed by atoms with E-state index in [0.717, 1.165) is 32.1 Å². The third kappa shape index (κ3) is 5.71. The smallest absolute Gasteiger partial charge is 0.306 e. The van der Waals surface area contributed by atoms with Gasteiger partial charge in [0.2, 0.25) is 0 Å². The number of benzene rings is 2. The van der Waals surface area contributed by atoms with Gasteiger partial charge >= 0.3 is 5.97 Å². The molecular weight excluding hydrogens is 408 g/mol. The van der Waals surface area contributed by atoms with E-state index in [1.807, 2.05) is 51.2 Å². The summed E-state index contributed by atoms with van der Waals surface area (Å²) >= 11 is 1.59. The molecule has 1 aromatic heterocycles. The number of hydrogen-bond donors (Lipinski definition) is 0. The second-order valence-corrected chi connectivity index (χ2v) is 8.50. The highest BCUT2D eigenvalue weighted by atomic mass is 32.1. The highest BCUT2D eigenvalue weighted by molar-refractivity contribution is 7.18. The SMILES string of the molecule is CCOC(=O)CCc1ccc(-c2ncc(-c3ccc(OC(C)C)c(C#N)c3)s2)c(C)c1. The van der Waals surface area contributed by atoms with E-state index in [9.17, 15) is 10.1 Å². The van der Waals surface area contributed by atoms with Gasteiger partial charge in [-0.3, -0.25) is 4.79 Å². The van der Waals surface area contributed by atoms with Crippen molar-refractivity contribution in [3.05, 3.63) is 59.3 Å². The predicted octanol–water partition coefficient (Wildman–Crippen LogP) is 5.94. The molecule has 31 heavy (non-hydrogen) atoms. The number of hydrogen-bond acceptors (Lipinski definition) is 6. The summed E-state index contributed by atoms with van der Waals surface area (Å²) in [5.74, 6) is 0.426. The summed E-state index contributed by atoms with van der Waals surface area (Å²) in [6.07, 6.45) is 2.89. The Hall–Kier alpha value is -3.17. The first-order valence-corrected chi connectivity index (χ1v) is 11.2. The maximum absolute atomic E-state index is 11.6. The minimum absolute atomic E-state index is 0.0104. The summed E-state index contributed by atoms with van der Waals surface area (Å²) in [5, 5.41) is 10.4. The molecule has 0 aliphatic rings. The van der Waals surface area contributed by atoms with E-state index in [1.165, 1.54) is 0 Å². The van der Waals surface area contributed by atoms with E-state index < -0.39 is 0 Å². The van der Waals surface area contributed by atoms with Crippen LogP contribution in [-0.2, 0) is 16.0 Å². The molecule has 3 aromatic rings. The van der Waals surface area contributed by atoms with Crippen molar-refractivity contribution in [3.8, 4) is 32.8 Å². The van der Waals surface area contributed by atoms with Crippen LogP contribution in [0.15, 0.2) is 42.6 Å². The summed E-state index contributed by atoms with van der Waals surface area (Å²) in [5.41, 5.74) is 4.74. The average Bonchev–Trinajstić information content (AvgIpc) is 3.22. The number of carbonyl (C=O) groups is 1. The topological polar surface area (TPSA) is 72.2 Å². The second kappa shape index (κ2) is 10.2. The summed E-state index contributed by atoms with van der Waals surface area (Å²) < 4.78 is 10.7. The summed E-state index contributed by atoms with van der Waals surface area (Å²) in [4.78, 5) is 17.2. The first kappa shape index (κ1) is 22.5. The lowest BCUT2D eigenvalue weighted by Gasteiger charge is -2.11. The van der Waals surface area contributed by atoms with Gasteiger partial charge in [0.15, 0.2) is 0 Å². The van der Waals surface area contributed by atoms with Crippen LogP contribution in [0.25, 0.3) is 21.0 Å². The fourth-order valence-corrected chi connectivity index (χ4v) is 4.26. The molecule has 3 rings (SSSR count). The Kier molecular flexibility index (Phi) is 7.43. The van der Waals surface area contributed by atoms with E-state index >= 15 is 0 Å². The molecule has 0 unspecified atom stereocenters. The third-order valence-corrected chi connectivity index (χ3v) is 5.78. The standard InChI is InChI=1S/C25H26N2O3S/c1-5-29-24(28)11-7-18-6-9-21(17(4)12-18)25-27-15-23(31-25)19-8-10-22(30-16(2)3)20(13-19)14-26/h6,8-10,12-13,15-16H,5,7,11H2,1-4H3. The molecule has 0 saturated heterocycles. The van der Waals surface area contributed by atoms with Crippen LogP contribution in [0.2, 0.25) is 0 Å². The molecule has 0 bridgehead atoms. The zero-order valence-electron chi connectivity index (χ0n) is 18.3. The quantitative estimate of drug-likeness (QED) is 0.410. The van der Waals surface area contributed by atoms with Crippen molar-refractivity contribution >= 4 is 17.3 Å². The van der Waals surface area contributed by atoms with Gasteiger partial charge in [-0.1, -0.05) is 18.2 Å². The normalized spacial score (nSPS) is 10.7. The molecule has 0 amide bonds. The monoisotopic (exact) mass is 434 g/mol. The number of aromatic nitrogens is 1. The summed E-state index contributed by atoms with van der Waals surface area (Å²) in [6, 6.07) is 14.1. The maximum Gasteiger partial charge on any atom is 0.306 e. The molecule has 0 saturated carbocycles. The highest BCUT2D eigenvalue weighted by Crippen LogP contribution is 2.35. The van der Waals surface area contributed by atoms with Crippen LogP contribution in [0.4, 0.5) is 0 Å². The Labute approximate surface area is 187 Å². The molecule has 0 spiro atoms. The Morgan fingerprint density at radius 3 is 2.71 bits per heavy atom. The molecule has 1 heterocycles. The number of aryl methyl sites for hydroxylation is 2. The van der Waals surface area contributed by atoms with E-state index in [0.29, 0.717) is 30.8 Å². The molecule has 0 atom stereocenters. The summed E-state index contributed by atoms with van der Waals surface area (Å²) in [6.45, 7) is 8.15. The number of nitrogens with zero attached hydrogens (tertiary/aromatic N) is 2. The molecular formula is C25H26N2O3S. The van der Waals surface area contributed by atoms with Crippen molar-refractivity contribution in [2.24, 2.45) is 0 Å². The maximum atomic E-state index is 11.6. The van der Waals surface area contributed by atoms with Crippen LogP contribution in [0.1, 0.15) is 43.9 Å². The van der Waals surface area contributed by atoms with Crippen molar-refractivity contribution in [2.45, 2.75) is 46.6 Å². The molecule has 2 aromatic carbocycles. The second-order valence-electron chi connectivity index (χ2n) is 7.47. The van der Waals surface area contributed by atoms with Gasteiger partial charge in [0.05, 0.1) is 23.2 Å². The number of ether oxygens (including phenoxy) is 2. The van der Waals surface area contributed by atoms with Crippen LogP contribution in [0, 0.1) is 18.3 Å². The molecule has 6 heteroatoms. The highest BCUT2D eigenvalue weighted by Gasteiger charge is 2.13. The number of thiazole rings is 1. The van der Waals surface area contributed by atoms with Crippen LogP contribution in [0.5, 0.6) is 5.75 Å². The van der Waals surface area contributed by atoms with Gasteiger partial charge in [-0.05, 0) is 69.0 Å². The zero-order chi connectivity index (χ0) is 22.4. The molecule has 0 N–H and O–H groups in total. The fourth-order valence-electron chi connectivity index (χ4n) is 3.26. The van der Waals surface area contributed by atoms with Crippen LogP contribution in [0.3, 0.4) is 0 Å². The molecule has 0 aliphatic heterocycles. The molecule has 5 nitrogen and oxygen atoms in total. The zero-order valence-corrected chi connectivity index (χ0v) is 19.1. The van der Waals surface area contributed by atoms with Crippen LogP contribution >= 0.6 is 11.3 Å². The van der Waals surface area contributed by atoms with E-state index in [2.05, 4.69) is 30.1 Å². The van der Waals surface area contributed by atoms with Crippen LogP contribution in [-0.4, -0.2) is 23.7 Å². The van der Waals surface area contributed by atoms with Gasteiger partial charge in [0.25, 0.3) is 0 Å². The fraction of sp³-hybridized carbons (Fsp3) is 0.320. The number of rotatable bonds is 8. The largest absolute Gasteiger partial charge is 0.490 e. The number of esters is 1. The van der Waals surface area contributed by atoms with E-state index in [1.54, 1.807) is 11.3 Å². The Morgan fingerprint density at radius 1 is 1.23 bits per heavy atom. The summed E-state index contributed by atoms with van der Waals surface area (Å²) in [7, 11) is 0. The van der Waals surface area contributed by atoms with Crippen molar-refractivity contribution in [1.82, 2.24) is 4.98 Å². The first-order valence-electron chi connectivity index (χ1n) is 10.3. The van der Waals surface area contributed by atoms with Gasteiger partial charge in [0, 0.05) is 18.2 Å². The van der Waals surface area contributed by atoms with E-state index in [4.69, 9.17) is 9.47 Å². The van der Waals surface area contributed by atoms with Crippen molar-refractivity contribution in [1.29, 1.82) is 5.26 Å². The average molecular weight is 435 g/mol. The van der Waals surface area contributed by atoms with Gasteiger partial charge in [-0.2, -0.15) is 5.26 Å². The van der Waals surface area contributed by atoms with Gasteiger partial charge in [0.1, 0.15) is 16.8 Å². The molecule has 0 aliphatic carbocycles. The van der Waals surface area contributed by atoms with Crippen molar-refractivity contribution in [2.75, 3.05) is 6.61 Å². The van der Waals surface area contributed by atoms with Crippen molar-refractivity contribution in [3.63, 3.8) is 0 Å². The minimum atomic E-state index is -0.171. The first-order chi connectivity index (χ1) is 14.9. The van der Waals surface area contributed by atoms with Gasteiger partial charge in [-0.25, -0.2) is 4.98 Å². The lowest BCUT2D eigenvalue weighted by molar-refractivity contribution is -0.143. The number of nitriles is 1. The van der Waals surface area contributed by atoms with Gasteiger partial charge in [-0.15, -0.1) is 11.3 Å².